The van der Waals surface area contributed by atoms with E-state index in [1.54, 1.807) is 0 Å². The average Bonchev–Trinajstić information content (AvgIpc) is 3.44. The van der Waals surface area contributed by atoms with Crippen LogP contribution in [0.15, 0.2) is 18.2 Å². The van der Waals surface area contributed by atoms with Crippen LogP contribution in [0.5, 0.6) is 0 Å². The zero-order chi connectivity index (χ0) is 21.0. The Morgan fingerprint density at radius 1 is 1.17 bits per heavy atom. The highest BCUT2D eigenvalue weighted by atomic mass is 16.1. The summed E-state index contributed by atoms with van der Waals surface area (Å²) < 4.78 is 2.32. The molecule has 0 aliphatic heterocycles. The first kappa shape index (κ1) is 21.5. The Bertz CT molecular complexity index is 849. The first-order valence-electron chi connectivity index (χ1n) is 11.1. The number of carbonyl (C=O) groups excluding carboxylic acids is 1. The van der Waals surface area contributed by atoms with Crippen LogP contribution in [0.2, 0.25) is 0 Å². The summed E-state index contributed by atoms with van der Waals surface area (Å²) in [6, 6.07) is 6.54. The normalized spacial score (nSPS) is 14.2. The Kier molecular flexibility index (Phi) is 6.76. The Morgan fingerprint density at radius 3 is 2.52 bits per heavy atom. The van der Waals surface area contributed by atoms with Crippen molar-refractivity contribution in [2.24, 2.45) is 5.41 Å². The summed E-state index contributed by atoms with van der Waals surface area (Å²) in [5.41, 5.74) is 3.60. The minimum atomic E-state index is 0.0373. The van der Waals surface area contributed by atoms with E-state index in [9.17, 15) is 4.79 Å². The van der Waals surface area contributed by atoms with Gasteiger partial charge < -0.3 is 9.88 Å². The van der Waals surface area contributed by atoms with Crippen molar-refractivity contribution in [2.75, 3.05) is 5.32 Å². The van der Waals surface area contributed by atoms with Gasteiger partial charge in [-0.2, -0.15) is 0 Å². The van der Waals surface area contributed by atoms with E-state index in [-0.39, 0.29) is 5.91 Å². The molecule has 1 aromatic heterocycles. The van der Waals surface area contributed by atoms with Crippen LogP contribution in [0.3, 0.4) is 0 Å². The topological polar surface area (TPSA) is 59.8 Å². The first-order chi connectivity index (χ1) is 13.8. The van der Waals surface area contributed by atoms with Crippen LogP contribution in [0.4, 0.5) is 5.69 Å². The van der Waals surface area contributed by atoms with Gasteiger partial charge in [0.25, 0.3) is 0 Å². The molecule has 0 saturated heterocycles. The molecule has 0 spiro atoms. The highest BCUT2D eigenvalue weighted by Crippen LogP contribution is 2.37. The lowest BCUT2D eigenvalue weighted by atomic mass is 9.85. The molecule has 0 bridgehead atoms. The molecule has 1 aliphatic carbocycles. The van der Waals surface area contributed by atoms with Gasteiger partial charge in [-0.05, 0) is 62.1 Å². The lowest BCUT2D eigenvalue weighted by molar-refractivity contribution is -0.116. The molecule has 158 valence electrons. The van der Waals surface area contributed by atoms with Gasteiger partial charge in [-0.15, -0.1) is 10.2 Å². The van der Waals surface area contributed by atoms with Gasteiger partial charge in [0.15, 0.2) is 0 Å². The molecular weight excluding hydrogens is 360 g/mol. The molecule has 0 atom stereocenters. The van der Waals surface area contributed by atoms with Gasteiger partial charge in [-0.1, -0.05) is 39.3 Å². The van der Waals surface area contributed by atoms with Crippen LogP contribution in [0.25, 0.3) is 0 Å². The Labute approximate surface area is 175 Å². The zero-order valence-corrected chi connectivity index (χ0v) is 18.7. The van der Waals surface area contributed by atoms with Gasteiger partial charge >= 0.3 is 0 Å². The molecule has 1 N–H and O–H groups in total. The molecule has 1 amide bonds. The molecule has 1 aromatic carbocycles. The number of rotatable bonds is 10. The maximum absolute atomic E-state index is 12.5. The van der Waals surface area contributed by atoms with E-state index in [1.165, 1.54) is 31.2 Å². The Balaban J connectivity index is 1.59. The predicted octanol–water partition coefficient (Wildman–Crippen LogP) is 5.56. The number of anilines is 1. The van der Waals surface area contributed by atoms with Crippen molar-refractivity contribution in [3.63, 3.8) is 0 Å². The first-order valence-corrected chi connectivity index (χ1v) is 11.1. The highest BCUT2D eigenvalue weighted by Gasteiger charge is 2.29. The number of aromatic nitrogens is 3. The van der Waals surface area contributed by atoms with Crippen molar-refractivity contribution >= 4 is 11.6 Å². The molecule has 1 saturated carbocycles. The molecule has 2 aromatic rings. The maximum Gasteiger partial charge on any atom is 0.224 e. The molecule has 1 aliphatic rings. The third-order valence-corrected chi connectivity index (χ3v) is 6.41. The van der Waals surface area contributed by atoms with E-state index in [2.05, 4.69) is 53.8 Å². The minimum absolute atomic E-state index is 0.0373. The Hall–Kier alpha value is -2.17. The van der Waals surface area contributed by atoms with Gasteiger partial charge in [0.1, 0.15) is 11.6 Å². The van der Waals surface area contributed by atoms with E-state index < -0.39 is 0 Å². The van der Waals surface area contributed by atoms with Gasteiger partial charge in [-0.3, -0.25) is 4.79 Å². The monoisotopic (exact) mass is 396 g/mol. The van der Waals surface area contributed by atoms with Gasteiger partial charge in [0, 0.05) is 31.0 Å². The van der Waals surface area contributed by atoms with E-state index in [4.69, 9.17) is 0 Å². The van der Waals surface area contributed by atoms with Crippen LogP contribution in [0.1, 0.15) is 88.1 Å². The number of nitrogens with zero attached hydrogens (tertiary/aromatic N) is 3. The van der Waals surface area contributed by atoms with E-state index in [0.29, 0.717) is 24.3 Å². The second-order valence-corrected chi connectivity index (χ2v) is 9.30. The fraction of sp³-hybridized carbons (Fsp3) is 0.625. The summed E-state index contributed by atoms with van der Waals surface area (Å²) >= 11 is 0. The number of nitrogens with one attached hydrogen (secondary N) is 1. The molecule has 1 heterocycles. The van der Waals surface area contributed by atoms with Crippen molar-refractivity contribution in [1.82, 2.24) is 14.8 Å². The second-order valence-electron chi connectivity index (χ2n) is 9.30. The van der Waals surface area contributed by atoms with E-state index in [1.807, 2.05) is 19.1 Å². The van der Waals surface area contributed by atoms with Crippen molar-refractivity contribution < 1.29 is 4.79 Å². The number of benzene rings is 1. The highest BCUT2D eigenvalue weighted by molar-refractivity contribution is 5.91. The van der Waals surface area contributed by atoms with Crippen LogP contribution in [-0.2, 0) is 17.6 Å². The minimum Gasteiger partial charge on any atom is -0.326 e. The standard InChI is InChI=1S/C24H36N4O/c1-6-24(4,5)16-8-11-21-26-27-22(28(21)19-12-13-19)14-15-23(29)25-20-10-7-9-17(2)18(20)3/h7,9-10,19H,6,8,11-16H2,1-5H3,(H,25,29). The van der Waals surface area contributed by atoms with Gasteiger partial charge in [0.2, 0.25) is 5.91 Å². The zero-order valence-electron chi connectivity index (χ0n) is 18.7. The molecule has 29 heavy (non-hydrogen) atoms. The average molecular weight is 397 g/mol. The summed E-state index contributed by atoms with van der Waals surface area (Å²) in [7, 11) is 0. The Morgan fingerprint density at radius 2 is 1.86 bits per heavy atom. The fourth-order valence-corrected chi connectivity index (χ4v) is 3.68. The van der Waals surface area contributed by atoms with Gasteiger partial charge in [0.05, 0.1) is 0 Å². The summed E-state index contributed by atoms with van der Waals surface area (Å²) in [6.45, 7) is 11.0. The summed E-state index contributed by atoms with van der Waals surface area (Å²) in [5.74, 6) is 2.10. The van der Waals surface area contributed by atoms with Crippen LogP contribution in [0, 0.1) is 19.3 Å². The summed E-state index contributed by atoms with van der Waals surface area (Å²) in [4.78, 5) is 12.5. The predicted molar refractivity (Wildman–Crippen MR) is 118 cm³/mol. The lowest BCUT2D eigenvalue weighted by Gasteiger charge is -2.22. The van der Waals surface area contributed by atoms with Crippen molar-refractivity contribution in [1.29, 1.82) is 0 Å². The fourth-order valence-electron chi connectivity index (χ4n) is 3.68. The molecule has 1 fully saturated rings. The molecule has 5 nitrogen and oxygen atoms in total. The van der Waals surface area contributed by atoms with Crippen LogP contribution in [-0.4, -0.2) is 20.7 Å². The molecule has 0 unspecified atom stereocenters. The third-order valence-electron chi connectivity index (χ3n) is 6.41. The van der Waals surface area contributed by atoms with E-state index >= 15 is 0 Å². The summed E-state index contributed by atoms with van der Waals surface area (Å²) in [5, 5.41) is 12.0. The van der Waals surface area contributed by atoms with E-state index in [0.717, 1.165) is 35.7 Å². The SMILES string of the molecule is CCC(C)(C)CCCc1nnc(CCC(=O)Nc2cccc(C)c2C)n1C1CC1. The third kappa shape index (κ3) is 5.68. The van der Waals surface area contributed by atoms with Crippen molar-refractivity contribution in [2.45, 2.75) is 92.0 Å². The molecule has 5 heteroatoms. The molecule has 0 radical (unpaired) electrons. The lowest BCUT2D eigenvalue weighted by Crippen LogP contribution is -2.15. The number of carbonyl (C=O) groups is 1. The molecule has 3 rings (SSSR count). The smallest absolute Gasteiger partial charge is 0.224 e. The largest absolute Gasteiger partial charge is 0.326 e. The number of aryl methyl sites for hydroxylation is 3. The van der Waals surface area contributed by atoms with Crippen LogP contribution < -0.4 is 5.32 Å². The number of hydrogen-bond acceptors (Lipinski definition) is 3. The van der Waals surface area contributed by atoms with Crippen molar-refractivity contribution in [3.8, 4) is 0 Å². The molecular formula is C24H36N4O. The van der Waals surface area contributed by atoms with Crippen molar-refractivity contribution in [3.05, 3.63) is 41.0 Å². The number of amides is 1. The second kappa shape index (κ2) is 9.10. The summed E-state index contributed by atoms with van der Waals surface area (Å²) in [6.07, 6.45) is 7.99. The quantitative estimate of drug-likeness (QED) is 0.572. The maximum atomic E-state index is 12.5. The van der Waals surface area contributed by atoms with Crippen LogP contribution >= 0.6 is 0 Å². The number of hydrogen-bond donors (Lipinski definition) is 1. The van der Waals surface area contributed by atoms with Gasteiger partial charge in [-0.25, -0.2) is 0 Å².